The van der Waals surface area contributed by atoms with E-state index >= 15 is 0 Å². The lowest BCUT2D eigenvalue weighted by Gasteiger charge is -2.41. The van der Waals surface area contributed by atoms with Crippen LogP contribution in [0.3, 0.4) is 0 Å². The van der Waals surface area contributed by atoms with E-state index in [1.807, 2.05) is 23.5 Å². The molecule has 5 heterocycles. The highest BCUT2D eigenvalue weighted by molar-refractivity contribution is 8.01. The SMILES string of the molecule is CC(C)(C)c1cc2c3c(c1)c1cc(C(C)(C)C)cc4c1n3-c1c3c(cc5c1B4c1ccccc1S5)Sc1ccccc1B32. The molecule has 0 N–H and O–H groups in total. The molecule has 0 fully saturated rings. The number of hydrogen-bond acceptors (Lipinski definition) is 2. The number of benzene rings is 5. The van der Waals surface area contributed by atoms with Crippen LogP contribution in [0.2, 0.25) is 0 Å². The van der Waals surface area contributed by atoms with Gasteiger partial charge in [-0.3, -0.25) is 0 Å². The smallest absolute Gasteiger partial charge is 0.249 e. The summed E-state index contributed by atoms with van der Waals surface area (Å²) in [7, 11) is 0. The summed E-state index contributed by atoms with van der Waals surface area (Å²) < 4.78 is 2.72. The molecule has 1 aromatic heterocycles. The predicted molar refractivity (Wildman–Crippen MR) is 189 cm³/mol. The molecule has 0 bridgehead atoms. The summed E-state index contributed by atoms with van der Waals surface area (Å²) in [5.41, 5.74) is 16.2. The number of aromatic nitrogens is 1. The van der Waals surface area contributed by atoms with Crippen LogP contribution in [0, 0.1) is 0 Å². The van der Waals surface area contributed by atoms with Crippen molar-refractivity contribution in [2.24, 2.45) is 0 Å². The van der Waals surface area contributed by atoms with Crippen molar-refractivity contribution in [1.29, 1.82) is 0 Å². The fraction of sp³-hybridized carbons (Fsp3) is 0.211. The molecule has 4 aliphatic rings. The van der Waals surface area contributed by atoms with Gasteiger partial charge < -0.3 is 4.57 Å². The van der Waals surface area contributed by atoms with Crippen LogP contribution in [0.1, 0.15) is 52.7 Å². The Morgan fingerprint density at radius 3 is 1.40 bits per heavy atom. The monoisotopic (exact) mass is 587 g/mol. The molecule has 206 valence electrons. The lowest BCUT2D eigenvalue weighted by Crippen LogP contribution is -2.66. The summed E-state index contributed by atoms with van der Waals surface area (Å²) in [6, 6.07) is 31.1. The first-order valence-corrected chi connectivity index (χ1v) is 17.1. The molecule has 4 aliphatic heterocycles. The molecule has 0 spiro atoms. The Morgan fingerprint density at radius 1 is 0.512 bits per heavy atom. The lowest BCUT2D eigenvalue weighted by atomic mass is 9.31. The molecule has 6 aromatic rings. The van der Waals surface area contributed by atoms with Crippen molar-refractivity contribution in [1.82, 2.24) is 4.57 Å². The average molecular weight is 587 g/mol. The Labute approximate surface area is 262 Å². The Morgan fingerprint density at radius 2 is 0.953 bits per heavy atom. The van der Waals surface area contributed by atoms with Crippen molar-refractivity contribution in [2.45, 2.75) is 72.0 Å². The topological polar surface area (TPSA) is 4.93 Å². The van der Waals surface area contributed by atoms with E-state index in [0.29, 0.717) is 0 Å². The second-order valence-corrected chi connectivity index (χ2v) is 17.1. The van der Waals surface area contributed by atoms with Crippen LogP contribution in [0.5, 0.6) is 0 Å². The molecule has 0 unspecified atom stereocenters. The molecule has 5 heteroatoms. The first-order chi connectivity index (χ1) is 20.6. The molecule has 0 amide bonds. The van der Waals surface area contributed by atoms with Gasteiger partial charge in [0.25, 0.3) is 0 Å². The highest BCUT2D eigenvalue weighted by atomic mass is 32.2. The number of rotatable bonds is 0. The maximum Gasteiger partial charge on any atom is 0.249 e. The summed E-state index contributed by atoms with van der Waals surface area (Å²) in [5.74, 6) is 0. The fourth-order valence-electron chi connectivity index (χ4n) is 8.30. The first-order valence-electron chi connectivity index (χ1n) is 15.5. The van der Waals surface area contributed by atoms with Crippen LogP contribution in [0.15, 0.2) is 98.4 Å². The average Bonchev–Trinajstić information content (AvgIpc) is 3.31. The third-order valence-electron chi connectivity index (χ3n) is 10.4. The summed E-state index contributed by atoms with van der Waals surface area (Å²) in [6.45, 7) is 14.7. The minimum absolute atomic E-state index is 0.0475. The van der Waals surface area contributed by atoms with Gasteiger partial charge in [-0.2, -0.15) is 0 Å². The minimum Gasteiger partial charge on any atom is -0.311 e. The second kappa shape index (κ2) is 7.86. The van der Waals surface area contributed by atoms with Gasteiger partial charge in [-0.1, -0.05) is 125 Å². The molecule has 0 radical (unpaired) electrons. The van der Waals surface area contributed by atoms with E-state index in [4.69, 9.17) is 0 Å². The molecular weight excluding hydrogens is 556 g/mol. The number of fused-ring (bicyclic) bond motifs is 7. The number of hydrogen-bond donors (Lipinski definition) is 0. The van der Waals surface area contributed by atoms with E-state index in [-0.39, 0.29) is 24.3 Å². The Kier molecular flexibility index (Phi) is 4.59. The Hall–Kier alpha value is -3.27. The summed E-state index contributed by atoms with van der Waals surface area (Å²) in [5, 5.41) is 2.84. The van der Waals surface area contributed by atoms with Gasteiger partial charge in [0.1, 0.15) is 0 Å². The molecule has 5 aromatic carbocycles. The van der Waals surface area contributed by atoms with Crippen molar-refractivity contribution >= 4 is 91.5 Å². The minimum atomic E-state index is 0.0475. The van der Waals surface area contributed by atoms with Gasteiger partial charge in [0.15, 0.2) is 0 Å². The highest BCUT2D eigenvalue weighted by Crippen LogP contribution is 2.45. The predicted octanol–water partition coefficient (Wildman–Crippen LogP) is 5.97. The molecule has 10 rings (SSSR count). The maximum atomic E-state index is 2.72. The maximum absolute atomic E-state index is 2.72. The zero-order valence-corrected chi connectivity index (χ0v) is 27.1. The van der Waals surface area contributed by atoms with Gasteiger partial charge in [-0.05, 0) is 74.1 Å². The molecule has 0 aliphatic carbocycles. The molecule has 0 atom stereocenters. The molecule has 0 saturated heterocycles. The summed E-state index contributed by atoms with van der Waals surface area (Å²) in [4.78, 5) is 5.66. The van der Waals surface area contributed by atoms with E-state index in [1.54, 1.807) is 0 Å². The Bertz CT molecular complexity index is 2130. The fourth-order valence-corrected chi connectivity index (χ4v) is 10.8. The van der Waals surface area contributed by atoms with E-state index in [1.165, 1.54) is 91.0 Å². The van der Waals surface area contributed by atoms with E-state index in [2.05, 4.69) is 125 Å². The first kappa shape index (κ1) is 25.1. The number of nitrogens with zero attached hydrogens (tertiary/aromatic N) is 1. The van der Waals surface area contributed by atoms with Crippen LogP contribution in [0.25, 0.3) is 27.5 Å². The van der Waals surface area contributed by atoms with E-state index in [9.17, 15) is 0 Å². The van der Waals surface area contributed by atoms with Gasteiger partial charge in [0.2, 0.25) is 13.4 Å². The summed E-state index contributed by atoms with van der Waals surface area (Å²) >= 11 is 3.95. The van der Waals surface area contributed by atoms with Gasteiger partial charge >= 0.3 is 0 Å². The zero-order valence-electron chi connectivity index (χ0n) is 25.4. The normalized spacial score (nSPS) is 15.4. The van der Waals surface area contributed by atoms with Crippen molar-refractivity contribution in [3.63, 3.8) is 0 Å². The van der Waals surface area contributed by atoms with Crippen LogP contribution in [-0.2, 0) is 10.8 Å². The third kappa shape index (κ3) is 3.06. The van der Waals surface area contributed by atoms with Crippen molar-refractivity contribution in [3.05, 3.63) is 90.0 Å². The molecular formula is C38H31B2NS2. The van der Waals surface area contributed by atoms with Gasteiger partial charge in [-0.25, -0.2) is 0 Å². The lowest BCUT2D eigenvalue weighted by molar-refractivity contribution is 0.591. The van der Waals surface area contributed by atoms with Crippen LogP contribution in [0.4, 0.5) is 0 Å². The zero-order chi connectivity index (χ0) is 29.2. The largest absolute Gasteiger partial charge is 0.311 e. The molecule has 43 heavy (non-hydrogen) atoms. The van der Waals surface area contributed by atoms with Crippen LogP contribution in [-0.4, -0.2) is 18.0 Å². The van der Waals surface area contributed by atoms with Crippen LogP contribution >= 0.6 is 23.5 Å². The van der Waals surface area contributed by atoms with Gasteiger partial charge in [0.05, 0.1) is 0 Å². The summed E-state index contributed by atoms with van der Waals surface area (Å²) in [6.07, 6.45) is 0. The van der Waals surface area contributed by atoms with Gasteiger partial charge in [0, 0.05) is 47.1 Å². The van der Waals surface area contributed by atoms with Crippen molar-refractivity contribution in [3.8, 4) is 5.69 Å². The third-order valence-corrected chi connectivity index (χ3v) is 12.7. The Balaban J connectivity index is 1.49. The van der Waals surface area contributed by atoms with Crippen LogP contribution < -0.4 is 32.8 Å². The molecule has 0 saturated carbocycles. The van der Waals surface area contributed by atoms with E-state index < -0.39 is 0 Å². The molecule has 1 nitrogen and oxygen atoms in total. The van der Waals surface area contributed by atoms with E-state index in [0.717, 1.165) is 0 Å². The van der Waals surface area contributed by atoms with Crippen molar-refractivity contribution in [2.75, 3.05) is 0 Å². The van der Waals surface area contributed by atoms with Gasteiger partial charge in [-0.15, -0.1) is 0 Å². The standard InChI is InChI=1S/C38H31B2NS2/c1-37(2,3)20-15-22-23-16-21(38(4,5)6)18-27-35(23)41-34(22)26(17-20)39-24-11-7-9-13-28(24)42-30-19-31-33(36(41)32(30)39)40(27)25-12-8-10-14-29(25)43-31/h7-19H,1-6H3. The van der Waals surface area contributed by atoms with Crippen molar-refractivity contribution < 1.29 is 0 Å². The second-order valence-electron chi connectivity index (χ2n) is 15.0. The quantitative estimate of drug-likeness (QED) is 0.202. The highest BCUT2D eigenvalue weighted by Gasteiger charge is 2.48.